The average molecular weight is 449 g/mol. The van der Waals surface area contributed by atoms with Crippen LogP contribution in [0.2, 0.25) is 10.0 Å². The van der Waals surface area contributed by atoms with E-state index in [9.17, 15) is 20.1 Å². The van der Waals surface area contributed by atoms with Gasteiger partial charge in [-0.3, -0.25) is 4.79 Å². The lowest BCUT2D eigenvalue weighted by Crippen LogP contribution is -2.52. The van der Waals surface area contributed by atoms with Crippen molar-refractivity contribution in [2.75, 3.05) is 0 Å². The second-order valence-corrected chi connectivity index (χ2v) is 9.23. The number of aliphatic hydroxyl groups excluding tert-OH is 1. The van der Waals surface area contributed by atoms with Gasteiger partial charge in [0.1, 0.15) is 35.6 Å². The standard InChI is InChI=1S/C20H10Cl2O8/c21-4-1-3-9-7(11(4)23)13(25)16-18(28-16)20(9)29-6-2-5(22)12(24)8-10(6)19(3,30-20)17-15(27-17)14(8)26/h1-2,14-18,23-24,26H/t14?,15?,16?,17-,18-,19+,20+/m1/s1. The van der Waals surface area contributed by atoms with Gasteiger partial charge in [0.25, 0.3) is 5.79 Å². The molecule has 10 heteroatoms. The molecule has 0 aromatic heterocycles. The fourth-order valence-electron chi connectivity index (χ4n) is 5.90. The lowest BCUT2D eigenvalue weighted by Gasteiger charge is -2.44. The molecule has 2 aliphatic carbocycles. The molecule has 4 aliphatic heterocycles. The molecular formula is C20H10Cl2O8. The number of aromatic hydroxyl groups is 2. The van der Waals surface area contributed by atoms with Crippen LogP contribution in [0, 0.1) is 0 Å². The summed E-state index contributed by atoms with van der Waals surface area (Å²) in [4.78, 5) is 13.0. The number of phenols is 2. The van der Waals surface area contributed by atoms with Crippen molar-refractivity contribution >= 4 is 29.0 Å². The fourth-order valence-corrected chi connectivity index (χ4v) is 6.30. The van der Waals surface area contributed by atoms with E-state index in [2.05, 4.69) is 0 Å². The SMILES string of the molecule is O=C1c2c(O)c(Cl)cc3c2[C@@]2(Oc4cc(Cl)c(O)c5c4[C@]3(O2)[C@@H]2OC2C5O)[C@@H]2OC12. The largest absolute Gasteiger partial charge is 0.506 e. The molecule has 2 spiro atoms. The highest BCUT2D eigenvalue weighted by Crippen LogP contribution is 2.73. The minimum absolute atomic E-state index is 0.0000559. The zero-order valence-corrected chi connectivity index (χ0v) is 16.2. The lowest BCUT2D eigenvalue weighted by atomic mass is 9.72. The van der Waals surface area contributed by atoms with Crippen LogP contribution in [0.1, 0.15) is 38.7 Å². The van der Waals surface area contributed by atoms with Gasteiger partial charge in [-0.25, -0.2) is 0 Å². The van der Waals surface area contributed by atoms with Gasteiger partial charge < -0.3 is 34.3 Å². The Morgan fingerprint density at radius 3 is 2.57 bits per heavy atom. The Bertz CT molecular complexity index is 1290. The van der Waals surface area contributed by atoms with Crippen LogP contribution < -0.4 is 4.74 Å². The maximum atomic E-state index is 13.0. The summed E-state index contributed by atoms with van der Waals surface area (Å²) in [6.45, 7) is 0. The summed E-state index contributed by atoms with van der Waals surface area (Å²) >= 11 is 12.6. The van der Waals surface area contributed by atoms with Crippen molar-refractivity contribution in [3.63, 3.8) is 0 Å². The Morgan fingerprint density at radius 2 is 1.77 bits per heavy atom. The number of rotatable bonds is 0. The number of carbonyl (C=O) groups is 1. The van der Waals surface area contributed by atoms with E-state index in [1.54, 1.807) is 0 Å². The maximum Gasteiger partial charge on any atom is 0.269 e. The first-order chi connectivity index (χ1) is 14.3. The molecule has 2 saturated heterocycles. The Balaban J connectivity index is 1.58. The van der Waals surface area contributed by atoms with Crippen LogP contribution in [-0.2, 0) is 25.6 Å². The smallest absolute Gasteiger partial charge is 0.269 e. The lowest BCUT2D eigenvalue weighted by molar-refractivity contribution is -0.263. The van der Waals surface area contributed by atoms with E-state index < -0.39 is 47.7 Å². The Morgan fingerprint density at radius 1 is 1.00 bits per heavy atom. The van der Waals surface area contributed by atoms with Gasteiger partial charge in [0, 0.05) is 28.3 Å². The summed E-state index contributed by atoms with van der Waals surface area (Å²) in [6.07, 6.45) is -3.95. The molecule has 0 radical (unpaired) electrons. The van der Waals surface area contributed by atoms with E-state index in [0.717, 1.165) is 0 Å². The number of fused-ring (bicyclic) bond motifs is 2. The van der Waals surface area contributed by atoms with E-state index >= 15 is 0 Å². The Hall–Kier alpha value is -2.07. The minimum Gasteiger partial charge on any atom is -0.506 e. The number of Topliss-reactive ketones (excluding diaryl/α,β-unsaturated/α-hetero) is 1. The van der Waals surface area contributed by atoms with Crippen LogP contribution in [0.4, 0.5) is 0 Å². The monoisotopic (exact) mass is 448 g/mol. The van der Waals surface area contributed by atoms with Gasteiger partial charge in [0.15, 0.2) is 23.6 Å². The quantitative estimate of drug-likeness (QED) is 0.523. The first-order valence-electron chi connectivity index (χ1n) is 9.36. The third-order valence-electron chi connectivity index (χ3n) is 7.11. The van der Waals surface area contributed by atoms with Gasteiger partial charge in [-0.1, -0.05) is 23.2 Å². The van der Waals surface area contributed by atoms with E-state index in [-0.39, 0.29) is 38.4 Å². The molecule has 152 valence electrons. The van der Waals surface area contributed by atoms with Crippen molar-refractivity contribution in [1.82, 2.24) is 0 Å². The van der Waals surface area contributed by atoms with Crippen molar-refractivity contribution in [2.24, 2.45) is 0 Å². The molecule has 6 aliphatic rings. The van der Waals surface area contributed by atoms with Crippen molar-refractivity contribution in [3.05, 3.63) is 50.0 Å². The van der Waals surface area contributed by atoms with Crippen LogP contribution in [0.25, 0.3) is 0 Å². The highest BCUT2D eigenvalue weighted by Gasteiger charge is 2.81. The summed E-state index contributed by atoms with van der Waals surface area (Å²) < 4.78 is 24.3. The molecule has 2 aromatic carbocycles. The molecule has 0 saturated carbocycles. The zero-order chi connectivity index (χ0) is 20.5. The molecule has 3 N–H and O–H groups in total. The van der Waals surface area contributed by atoms with Gasteiger partial charge in [-0.15, -0.1) is 0 Å². The van der Waals surface area contributed by atoms with Crippen LogP contribution in [0.15, 0.2) is 12.1 Å². The van der Waals surface area contributed by atoms with Crippen LogP contribution in [0.5, 0.6) is 17.2 Å². The number of ketones is 1. The van der Waals surface area contributed by atoms with E-state index in [1.807, 2.05) is 0 Å². The van der Waals surface area contributed by atoms with Gasteiger partial charge in [0.05, 0.1) is 15.6 Å². The van der Waals surface area contributed by atoms with E-state index in [1.165, 1.54) is 12.1 Å². The first kappa shape index (κ1) is 16.6. The average Bonchev–Trinajstić information content (AvgIpc) is 3.60. The van der Waals surface area contributed by atoms with Crippen LogP contribution in [-0.4, -0.2) is 45.5 Å². The molecule has 4 heterocycles. The number of carbonyl (C=O) groups excluding carboxylic acids is 1. The van der Waals surface area contributed by atoms with Crippen molar-refractivity contribution in [3.8, 4) is 17.2 Å². The number of hydrogen-bond acceptors (Lipinski definition) is 8. The van der Waals surface area contributed by atoms with Crippen LogP contribution in [0.3, 0.4) is 0 Å². The number of aliphatic hydroxyl groups is 1. The number of ether oxygens (including phenoxy) is 4. The number of benzene rings is 2. The Labute approximate surface area is 177 Å². The van der Waals surface area contributed by atoms with Crippen LogP contribution >= 0.6 is 23.2 Å². The zero-order valence-electron chi connectivity index (χ0n) is 14.7. The Kier molecular flexibility index (Phi) is 2.45. The predicted molar refractivity (Wildman–Crippen MR) is 97.0 cm³/mol. The highest BCUT2D eigenvalue weighted by atomic mass is 35.5. The normalized spacial score (nSPS) is 42.0. The highest BCUT2D eigenvalue weighted by molar-refractivity contribution is 6.33. The molecule has 0 amide bonds. The number of hydrogen-bond donors (Lipinski definition) is 3. The summed E-state index contributed by atoms with van der Waals surface area (Å²) in [6, 6.07) is 2.97. The first-order valence-corrected chi connectivity index (χ1v) is 10.1. The van der Waals surface area contributed by atoms with Gasteiger partial charge >= 0.3 is 0 Å². The number of epoxide rings is 2. The number of halogens is 2. The summed E-state index contributed by atoms with van der Waals surface area (Å²) in [5.74, 6) is -2.27. The molecule has 7 atom stereocenters. The second-order valence-electron chi connectivity index (χ2n) is 8.41. The molecule has 30 heavy (non-hydrogen) atoms. The molecule has 8 rings (SSSR count). The third-order valence-corrected chi connectivity index (χ3v) is 7.68. The predicted octanol–water partition coefficient (Wildman–Crippen LogP) is 2.00. The molecule has 8 nitrogen and oxygen atoms in total. The molecule has 3 unspecified atom stereocenters. The number of phenolic OH excluding ortho intramolecular Hbond substituents is 2. The van der Waals surface area contributed by atoms with E-state index in [4.69, 9.17) is 42.1 Å². The van der Waals surface area contributed by atoms with E-state index in [0.29, 0.717) is 16.7 Å². The topological polar surface area (TPSA) is 121 Å². The minimum atomic E-state index is -1.51. The maximum absolute atomic E-state index is 13.0. The third kappa shape index (κ3) is 1.41. The van der Waals surface area contributed by atoms with Crippen molar-refractivity contribution < 1.29 is 39.1 Å². The molecule has 2 aromatic rings. The van der Waals surface area contributed by atoms with Gasteiger partial charge in [-0.2, -0.15) is 0 Å². The van der Waals surface area contributed by atoms with Crippen molar-refractivity contribution in [1.29, 1.82) is 0 Å². The fraction of sp³-hybridized carbons (Fsp3) is 0.350. The summed E-state index contributed by atoms with van der Waals surface area (Å²) in [5, 5.41) is 32.1. The molecular weight excluding hydrogens is 439 g/mol. The van der Waals surface area contributed by atoms with Gasteiger partial charge in [0.2, 0.25) is 0 Å². The van der Waals surface area contributed by atoms with Crippen molar-refractivity contribution in [2.45, 2.75) is 41.9 Å². The summed E-state index contributed by atoms with van der Waals surface area (Å²) in [5.41, 5.74) is 0.0604. The molecule has 2 bridgehead atoms. The summed E-state index contributed by atoms with van der Waals surface area (Å²) in [7, 11) is 0. The van der Waals surface area contributed by atoms with Gasteiger partial charge in [-0.05, 0) is 6.07 Å². The second kappa shape index (κ2) is 4.43. The molecule has 2 fully saturated rings.